The molecule has 3 aromatic rings. The number of hydrogen-bond acceptors (Lipinski definition) is 3. The molecule has 5 nitrogen and oxygen atoms in total. The van der Waals surface area contributed by atoms with E-state index in [2.05, 4.69) is 12.0 Å². The molecule has 0 radical (unpaired) electrons. The number of nitrogens with zero attached hydrogens (tertiary/aromatic N) is 3. The van der Waals surface area contributed by atoms with Gasteiger partial charge in [-0.15, -0.1) is 0 Å². The van der Waals surface area contributed by atoms with E-state index in [0.29, 0.717) is 17.1 Å². The van der Waals surface area contributed by atoms with E-state index in [1.54, 1.807) is 30.3 Å². The highest BCUT2D eigenvalue weighted by Crippen LogP contribution is 2.38. The van der Waals surface area contributed by atoms with Crippen LogP contribution in [0.3, 0.4) is 0 Å². The van der Waals surface area contributed by atoms with E-state index in [9.17, 15) is 4.79 Å². The SMILES string of the molecule is COc1ccc(C)c2c1N(C(=O)c1cnn(-c3cccc(Cl)c3)c1)CCC2. The normalized spacial score (nSPS) is 13.4. The maximum Gasteiger partial charge on any atom is 0.261 e. The third-order valence-electron chi connectivity index (χ3n) is 4.93. The summed E-state index contributed by atoms with van der Waals surface area (Å²) >= 11 is 6.06. The first-order chi connectivity index (χ1) is 13.1. The number of methoxy groups -OCH3 is 1. The van der Waals surface area contributed by atoms with Gasteiger partial charge in [-0.25, -0.2) is 4.68 Å². The zero-order valence-electron chi connectivity index (χ0n) is 15.3. The fraction of sp³-hybridized carbons (Fsp3) is 0.238. The fourth-order valence-electron chi connectivity index (χ4n) is 3.57. The van der Waals surface area contributed by atoms with Crippen LogP contribution in [0.1, 0.15) is 27.9 Å². The van der Waals surface area contributed by atoms with Gasteiger partial charge in [0.05, 0.1) is 30.2 Å². The Bertz CT molecular complexity index is 1010. The Kier molecular flexibility index (Phi) is 4.62. The number of ether oxygens (including phenoxy) is 1. The average molecular weight is 382 g/mol. The lowest BCUT2D eigenvalue weighted by Gasteiger charge is -2.31. The number of amides is 1. The van der Waals surface area contributed by atoms with Crippen LogP contribution in [0.2, 0.25) is 5.02 Å². The van der Waals surface area contributed by atoms with Gasteiger partial charge in [-0.3, -0.25) is 4.79 Å². The third-order valence-corrected chi connectivity index (χ3v) is 5.16. The van der Waals surface area contributed by atoms with Gasteiger partial charge in [0.1, 0.15) is 5.75 Å². The zero-order chi connectivity index (χ0) is 19.0. The Labute approximate surface area is 163 Å². The Hall–Kier alpha value is -2.79. The lowest BCUT2D eigenvalue weighted by atomic mass is 9.96. The molecule has 0 saturated heterocycles. The minimum absolute atomic E-state index is 0.0758. The third kappa shape index (κ3) is 3.19. The number of hydrogen-bond donors (Lipinski definition) is 0. The molecule has 27 heavy (non-hydrogen) atoms. The molecule has 1 aliphatic heterocycles. The number of anilines is 1. The molecule has 0 aliphatic carbocycles. The van der Waals surface area contributed by atoms with Crippen molar-refractivity contribution in [1.82, 2.24) is 9.78 Å². The van der Waals surface area contributed by atoms with Gasteiger partial charge < -0.3 is 9.64 Å². The van der Waals surface area contributed by atoms with Gasteiger partial charge in [-0.05, 0) is 55.2 Å². The van der Waals surface area contributed by atoms with E-state index in [1.165, 1.54) is 11.1 Å². The average Bonchev–Trinajstić information content (AvgIpc) is 3.18. The maximum atomic E-state index is 13.2. The standard InChI is InChI=1S/C21H20ClN3O2/c1-14-8-9-19(27-2)20-18(14)7-4-10-24(20)21(26)15-12-23-25(13-15)17-6-3-5-16(22)11-17/h3,5-6,8-9,11-13H,4,7,10H2,1-2H3. The molecule has 4 rings (SSSR count). The first-order valence-corrected chi connectivity index (χ1v) is 9.25. The second-order valence-electron chi connectivity index (χ2n) is 6.63. The molecule has 0 fully saturated rings. The van der Waals surface area contributed by atoms with Gasteiger partial charge in [-0.2, -0.15) is 5.10 Å². The van der Waals surface area contributed by atoms with E-state index in [-0.39, 0.29) is 5.91 Å². The van der Waals surface area contributed by atoms with Crippen molar-refractivity contribution in [2.75, 3.05) is 18.6 Å². The lowest BCUT2D eigenvalue weighted by molar-refractivity contribution is 0.0984. The Balaban J connectivity index is 1.71. The molecule has 0 bridgehead atoms. The van der Waals surface area contributed by atoms with E-state index in [1.807, 2.05) is 35.2 Å². The van der Waals surface area contributed by atoms with Gasteiger partial charge in [0.15, 0.2) is 0 Å². The van der Waals surface area contributed by atoms with Crippen molar-refractivity contribution in [3.8, 4) is 11.4 Å². The van der Waals surface area contributed by atoms with E-state index in [0.717, 1.165) is 30.0 Å². The number of rotatable bonds is 3. The molecule has 0 atom stereocenters. The molecular weight excluding hydrogens is 362 g/mol. The van der Waals surface area contributed by atoms with Crippen molar-refractivity contribution in [3.63, 3.8) is 0 Å². The molecule has 0 spiro atoms. The molecule has 2 aromatic carbocycles. The molecule has 0 N–H and O–H groups in total. The number of carbonyl (C=O) groups is 1. The minimum atomic E-state index is -0.0758. The molecule has 1 aromatic heterocycles. The highest BCUT2D eigenvalue weighted by Gasteiger charge is 2.28. The van der Waals surface area contributed by atoms with Crippen LogP contribution in [0.5, 0.6) is 5.75 Å². The molecule has 2 heterocycles. The molecular formula is C21H20ClN3O2. The Morgan fingerprint density at radius 3 is 2.89 bits per heavy atom. The quantitative estimate of drug-likeness (QED) is 0.674. The second-order valence-corrected chi connectivity index (χ2v) is 7.06. The Morgan fingerprint density at radius 2 is 2.11 bits per heavy atom. The van der Waals surface area contributed by atoms with Crippen molar-refractivity contribution < 1.29 is 9.53 Å². The number of fused-ring (bicyclic) bond motifs is 1. The van der Waals surface area contributed by atoms with Crippen molar-refractivity contribution in [2.24, 2.45) is 0 Å². The molecule has 138 valence electrons. The maximum absolute atomic E-state index is 13.2. The Morgan fingerprint density at radius 1 is 1.26 bits per heavy atom. The molecule has 1 aliphatic rings. The topological polar surface area (TPSA) is 47.4 Å². The van der Waals surface area contributed by atoms with Crippen LogP contribution in [0.15, 0.2) is 48.8 Å². The number of carbonyl (C=O) groups excluding carboxylic acids is 1. The molecule has 0 unspecified atom stereocenters. The first-order valence-electron chi connectivity index (χ1n) is 8.87. The summed E-state index contributed by atoms with van der Waals surface area (Å²) in [4.78, 5) is 15.1. The van der Waals surface area contributed by atoms with Crippen molar-refractivity contribution in [3.05, 3.63) is 70.5 Å². The largest absolute Gasteiger partial charge is 0.495 e. The highest BCUT2D eigenvalue weighted by atomic mass is 35.5. The number of aryl methyl sites for hydroxylation is 1. The van der Waals surface area contributed by atoms with Crippen LogP contribution < -0.4 is 9.64 Å². The summed E-state index contributed by atoms with van der Waals surface area (Å²) in [5, 5.41) is 4.96. The number of halogens is 1. The van der Waals surface area contributed by atoms with Crippen molar-refractivity contribution in [1.29, 1.82) is 0 Å². The molecule has 6 heteroatoms. The summed E-state index contributed by atoms with van der Waals surface area (Å²) in [6.07, 6.45) is 5.21. The van der Waals surface area contributed by atoms with E-state index >= 15 is 0 Å². The predicted molar refractivity (Wildman–Crippen MR) is 106 cm³/mol. The second kappa shape index (κ2) is 7.08. The summed E-state index contributed by atoms with van der Waals surface area (Å²) in [5.41, 5.74) is 4.58. The van der Waals surface area contributed by atoms with Gasteiger partial charge in [0.2, 0.25) is 0 Å². The summed E-state index contributed by atoms with van der Waals surface area (Å²) in [7, 11) is 1.64. The van der Waals surface area contributed by atoms with Gasteiger partial charge in [0.25, 0.3) is 5.91 Å². The summed E-state index contributed by atoms with van der Waals surface area (Å²) in [6, 6.07) is 11.3. The first kappa shape index (κ1) is 17.6. The summed E-state index contributed by atoms with van der Waals surface area (Å²) < 4.78 is 7.21. The van der Waals surface area contributed by atoms with Gasteiger partial charge >= 0.3 is 0 Å². The molecule has 0 saturated carbocycles. The number of benzene rings is 2. The summed E-state index contributed by atoms with van der Waals surface area (Å²) in [5.74, 6) is 0.652. The van der Waals surface area contributed by atoms with Crippen LogP contribution in [0.4, 0.5) is 5.69 Å². The van der Waals surface area contributed by atoms with Crippen LogP contribution in [-0.2, 0) is 6.42 Å². The van der Waals surface area contributed by atoms with Crippen LogP contribution >= 0.6 is 11.6 Å². The van der Waals surface area contributed by atoms with Gasteiger partial charge in [0, 0.05) is 17.8 Å². The monoisotopic (exact) mass is 381 g/mol. The van der Waals surface area contributed by atoms with Crippen molar-refractivity contribution in [2.45, 2.75) is 19.8 Å². The van der Waals surface area contributed by atoms with Crippen LogP contribution in [0, 0.1) is 6.92 Å². The predicted octanol–water partition coefficient (Wildman–Crippen LogP) is 4.44. The van der Waals surface area contributed by atoms with Crippen LogP contribution in [0.25, 0.3) is 5.69 Å². The van der Waals surface area contributed by atoms with E-state index in [4.69, 9.17) is 16.3 Å². The summed E-state index contributed by atoms with van der Waals surface area (Å²) in [6.45, 7) is 2.73. The number of aromatic nitrogens is 2. The zero-order valence-corrected chi connectivity index (χ0v) is 16.0. The fourth-order valence-corrected chi connectivity index (χ4v) is 3.75. The molecule has 1 amide bonds. The smallest absolute Gasteiger partial charge is 0.261 e. The highest BCUT2D eigenvalue weighted by molar-refractivity contribution is 6.30. The van der Waals surface area contributed by atoms with Gasteiger partial charge in [-0.1, -0.05) is 23.7 Å². The lowest BCUT2D eigenvalue weighted by Crippen LogP contribution is -2.36. The van der Waals surface area contributed by atoms with Crippen LogP contribution in [-0.4, -0.2) is 29.3 Å². The van der Waals surface area contributed by atoms with Crippen molar-refractivity contribution >= 4 is 23.2 Å². The van der Waals surface area contributed by atoms with E-state index < -0.39 is 0 Å². The minimum Gasteiger partial charge on any atom is -0.495 e.